The lowest BCUT2D eigenvalue weighted by Crippen LogP contribution is -2.33. The molecule has 0 atom stereocenters. The van der Waals surface area contributed by atoms with Gasteiger partial charge in [0.1, 0.15) is 11.6 Å². The van der Waals surface area contributed by atoms with Crippen molar-refractivity contribution in [1.29, 1.82) is 0 Å². The number of amides is 2. The zero-order valence-corrected chi connectivity index (χ0v) is 10.2. The summed E-state index contributed by atoms with van der Waals surface area (Å²) in [5, 5.41) is 11.4. The van der Waals surface area contributed by atoms with Crippen molar-refractivity contribution >= 4 is 39.4 Å². The Morgan fingerprint density at radius 3 is 2.94 bits per heavy atom. The number of thioether (sulfide) groups is 1. The predicted octanol–water partition coefficient (Wildman–Crippen LogP) is 0.954. The van der Waals surface area contributed by atoms with E-state index >= 15 is 0 Å². The van der Waals surface area contributed by atoms with E-state index in [2.05, 4.69) is 15.5 Å². The molecule has 0 aliphatic carbocycles. The van der Waals surface area contributed by atoms with Gasteiger partial charge in [-0.3, -0.25) is 14.9 Å². The van der Waals surface area contributed by atoms with Crippen molar-refractivity contribution in [3.63, 3.8) is 0 Å². The summed E-state index contributed by atoms with van der Waals surface area (Å²) in [6.45, 7) is 2.53. The third kappa shape index (κ3) is 2.70. The molecule has 1 aromatic rings. The lowest BCUT2D eigenvalue weighted by Gasteiger charge is -2.12. The van der Waals surface area contributed by atoms with Gasteiger partial charge in [0, 0.05) is 12.3 Å². The molecule has 0 saturated carbocycles. The highest BCUT2D eigenvalue weighted by Crippen LogP contribution is 2.17. The number of carbonyl (C=O) groups excluding carboxylic acids is 2. The van der Waals surface area contributed by atoms with Crippen LogP contribution in [0.5, 0.6) is 0 Å². The maximum atomic E-state index is 11.5. The van der Waals surface area contributed by atoms with E-state index in [0.29, 0.717) is 11.7 Å². The Hall–Kier alpha value is -1.15. The van der Waals surface area contributed by atoms with Crippen LogP contribution in [0.25, 0.3) is 0 Å². The highest BCUT2D eigenvalue weighted by Gasteiger charge is 2.23. The van der Waals surface area contributed by atoms with Gasteiger partial charge >= 0.3 is 0 Å². The molecule has 0 bridgehead atoms. The lowest BCUT2D eigenvalue weighted by molar-refractivity contribution is -0.116. The second kappa shape index (κ2) is 4.79. The summed E-state index contributed by atoms with van der Waals surface area (Å²) < 4.78 is 0. The van der Waals surface area contributed by atoms with Crippen molar-refractivity contribution < 1.29 is 9.59 Å². The van der Waals surface area contributed by atoms with Crippen LogP contribution in [0.3, 0.4) is 0 Å². The minimum atomic E-state index is -0.230. The zero-order chi connectivity index (χ0) is 11.5. The van der Waals surface area contributed by atoms with Gasteiger partial charge in [0.15, 0.2) is 0 Å². The van der Waals surface area contributed by atoms with Crippen molar-refractivity contribution in [2.24, 2.45) is 0 Å². The fourth-order valence-corrected chi connectivity index (χ4v) is 2.68. The number of hydrogen-bond donors (Lipinski definition) is 1. The van der Waals surface area contributed by atoms with Crippen molar-refractivity contribution in [2.45, 2.75) is 6.92 Å². The summed E-state index contributed by atoms with van der Waals surface area (Å²) in [6, 6.07) is 0. The Morgan fingerprint density at radius 1 is 1.56 bits per heavy atom. The van der Waals surface area contributed by atoms with E-state index < -0.39 is 0 Å². The Morgan fingerprint density at radius 2 is 2.38 bits per heavy atom. The van der Waals surface area contributed by atoms with E-state index in [0.717, 1.165) is 10.8 Å². The average Bonchev–Trinajstić information content (AvgIpc) is 2.77. The van der Waals surface area contributed by atoms with Crippen LogP contribution in [-0.4, -0.2) is 45.1 Å². The molecular weight excluding hydrogens is 248 g/mol. The molecule has 2 amide bonds. The van der Waals surface area contributed by atoms with Gasteiger partial charge in [-0.25, -0.2) is 0 Å². The van der Waals surface area contributed by atoms with Crippen molar-refractivity contribution in [1.82, 2.24) is 15.1 Å². The maximum absolute atomic E-state index is 11.5. The van der Waals surface area contributed by atoms with Crippen LogP contribution in [0.4, 0.5) is 9.93 Å². The largest absolute Gasteiger partial charge is 0.323 e. The normalized spacial score (nSPS) is 15.6. The Balaban J connectivity index is 1.86. The van der Waals surface area contributed by atoms with Gasteiger partial charge in [0.25, 0.3) is 5.24 Å². The smallest absolute Gasteiger partial charge is 0.282 e. The highest BCUT2D eigenvalue weighted by molar-refractivity contribution is 8.13. The van der Waals surface area contributed by atoms with Crippen LogP contribution in [0.15, 0.2) is 0 Å². The first-order valence-corrected chi connectivity index (χ1v) is 6.47. The minimum Gasteiger partial charge on any atom is -0.323 e. The van der Waals surface area contributed by atoms with E-state index in [-0.39, 0.29) is 17.7 Å². The van der Waals surface area contributed by atoms with Crippen LogP contribution >= 0.6 is 23.1 Å². The van der Waals surface area contributed by atoms with Gasteiger partial charge in [-0.1, -0.05) is 23.1 Å². The molecule has 2 heterocycles. The summed E-state index contributed by atoms with van der Waals surface area (Å²) in [6.07, 6.45) is 0. The Kier molecular flexibility index (Phi) is 3.39. The maximum Gasteiger partial charge on any atom is 0.282 e. The van der Waals surface area contributed by atoms with Crippen LogP contribution < -0.4 is 5.32 Å². The van der Waals surface area contributed by atoms with E-state index in [4.69, 9.17) is 0 Å². The monoisotopic (exact) mass is 258 g/mol. The summed E-state index contributed by atoms with van der Waals surface area (Å²) in [7, 11) is 0. The summed E-state index contributed by atoms with van der Waals surface area (Å²) in [5.41, 5.74) is 0. The zero-order valence-electron chi connectivity index (χ0n) is 8.60. The third-order valence-electron chi connectivity index (χ3n) is 1.95. The van der Waals surface area contributed by atoms with Crippen LogP contribution in [-0.2, 0) is 4.79 Å². The highest BCUT2D eigenvalue weighted by atomic mass is 32.2. The number of nitrogens with one attached hydrogen (secondary N) is 1. The van der Waals surface area contributed by atoms with Gasteiger partial charge in [0.05, 0.1) is 0 Å². The molecule has 0 aromatic carbocycles. The molecule has 1 aliphatic rings. The summed E-state index contributed by atoms with van der Waals surface area (Å²) >= 11 is 2.55. The molecule has 16 heavy (non-hydrogen) atoms. The second-order valence-corrected chi connectivity index (χ2v) is 5.44. The van der Waals surface area contributed by atoms with Crippen molar-refractivity contribution in [3.8, 4) is 0 Å². The van der Waals surface area contributed by atoms with Gasteiger partial charge in [0.2, 0.25) is 11.0 Å². The number of carbonyl (C=O) groups is 2. The van der Waals surface area contributed by atoms with E-state index in [1.807, 2.05) is 6.92 Å². The molecule has 8 heteroatoms. The molecule has 0 unspecified atom stereocenters. The van der Waals surface area contributed by atoms with E-state index in [1.54, 1.807) is 0 Å². The van der Waals surface area contributed by atoms with Gasteiger partial charge in [-0.2, -0.15) is 0 Å². The molecule has 1 saturated heterocycles. The van der Waals surface area contributed by atoms with E-state index in [1.165, 1.54) is 28.0 Å². The molecule has 1 aromatic heterocycles. The summed E-state index contributed by atoms with van der Waals surface area (Å²) in [5.74, 6) is 0.524. The molecule has 0 spiro atoms. The number of hydrogen-bond acceptors (Lipinski definition) is 6. The average molecular weight is 258 g/mol. The predicted molar refractivity (Wildman–Crippen MR) is 62.7 cm³/mol. The van der Waals surface area contributed by atoms with Crippen LogP contribution in [0.2, 0.25) is 0 Å². The Bertz CT molecular complexity index is 420. The quantitative estimate of drug-likeness (QED) is 0.873. The SMILES string of the molecule is Cc1nnc(NC(=O)CN2CCSC2=O)s1. The molecule has 1 fully saturated rings. The first-order valence-electron chi connectivity index (χ1n) is 4.67. The standard InChI is InChI=1S/C8H10N4O2S2/c1-5-10-11-7(16-5)9-6(13)4-12-2-3-15-8(12)14/h2-4H2,1H3,(H,9,11,13). The van der Waals surface area contributed by atoms with Crippen LogP contribution in [0.1, 0.15) is 5.01 Å². The molecule has 0 radical (unpaired) electrons. The number of aromatic nitrogens is 2. The number of nitrogens with zero attached hydrogens (tertiary/aromatic N) is 3. The van der Waals surface area contributed by atoms with Crippen molar-refractivity contribution in [3.05, 3.63) is 5.01 Å². The fourth-order valence-electron chi connectivity index (χ4n) is 1.25. The van der Waals surface area contributed by atoms with E-state index in [9.17, 15) is 9.59 Å². The lowest BCUT2D eigenvalue weighted by atomic mass is 10.5. The first kappa shape index (κ1) is 11.3. The second-order valence-electron chi connectivity index (χ2n) is 3.21. The number of rotatable bonds is 3. The molecule has 86 valence electrons. The van der Waals surface area contributed by atoms with Gasteiger partial charge in [-0.15, -0.1) is 10.2 Å². The molecule has 6 nitrogen and oxygen atoms in total. The third-order valence-corrected chi connectivity index (χ3v) is 3.60. The molecule has 1 N–H and O–H groups in total. The molecule has 1 aliphatic heterocycles. The van der Waals surface area contributed by atoms with Crippen LogP contribution in [0, 0.1) is 6.92 Å². The van der Waals surface area contributed by atoms with Crippen molar-refractivity contribution in [2.75, 3.05) is 24.2 Å². The Labute approximate surface area is 100 Å². The minimum absolute atomic E-state index is 0.0383. The summed E-state index contributed by atoms with van der Waals surface area (Å²) in [4.78, 5) is 24.3. The van der Waals surface area contributed by atoms with Gasteiger partial charge < -0.3 is 4.90 Å². The molecular formula is C8H10N4O2S2. The molecule has 2 rings (SSSR count). The number of anilines is 1. The van der Waals surface area contributed by atoms with Gasteiger partial charge in [-0.05, 0) is 6.92 Å². The first-order chi connectivity index (χ1) is 7.65. The topological polar surface area (TPSA) is 75.2 Å². The fraction of sp³-hybridized carbons (Fsp3) is 0.500. The number of aryl methyl sites for hydroxylation is 1.